The van der Waals surface area contributed by atoms with Crippen LogP contribution in [0.1, 0.15) is 25.0 Å². The first kappa shape index (κ1) is 29.3. The Morgan fingerprint density at radius 1 is 0.974 bits per heavy atom. The van der Waals surface area contributed by atoms with Gasteiger partial charge < -0.3 is 10.1 Å². The molecular weight excluding hydrogens is 619 g/mol. The van der Waals surface area contributed by atoms with Gasteiger partial charge in [-0.05, 0) is 102 Å². The van der Waals surface area contributed by atoms with Crippen LogP contribution in [0.3, 0.4) is 0 Å². The fourth-order valence-electron chi connectivity index (χ4n) is 3.21. The third-order valence-corrected chi connectivity index (χ3v) is 7.51. The third-order valence-electron chi connectivity index (χ3n) is 5.33. The van der Waals surface area contributed by atoms with Gasteiger partial charge in [0.1, 0.15) is 11.8 Å². The normalized spacial score (nSPS) is 12.3. The Labute approximate surface area is 236 Å². The summed E-state index contributed by atoms with van der Waals surface area (Å²) in [5.74, 6) is -0.678. The van der Waals surface area contributed by atoms with E-state index in [-0.39, 0.29) is 23.3 Å². The summed E-state index contributed by atoms with van der Waals surface area (Å²) in [6.07, 6.45) is 1.43. The van der Waals surface area contributed by atoms with Crippen LogP contribution in [-0.4, -0.2) is 39.1 Å². The number of nitrogens with zero attached hydrogens (tertiary/aromatic N) is 1. The lowest BCUT2D eigenvalue weighted by molar-refractivity contribution is -0.123. The fraction of sp³-hybridized carbons (Fsp3) is 0.222. The van der Waals surface area contributed by atoms with Crippen LogP contribution in [-0.2, 0) is 19.6 Å². The number of benzene rings is 3. The van der Waals surface area contributed by atoms with Gasteiger partial charge in [0.15, 0.2) is 6.61 Å². The van der Waals surface area contributed by atoms with Crippen LogP contribution in [0.4, 0.5) is 5.69 Å². The molecule has 2 amide bonds. The molecule has 0 unspecified atom stereocenters. The Kier molecular flexibility index (Phi) is 10.4. The smallest absolute Gasteiger partial charge is 0.262 e. The molecule has 3 rings (SSSR count). The number of sulfonamides is 1. The molecule has 0 heterocycles. The average molecular weight is 649 g/mol. The third kappa shape index (κ3) is 8.92. The number of carbonyl (C=O) groups excluding carboxylic acids is 2. The van der Waals surface area contributed by atoms with Gasteiger partial charge in [0.05, 0.1) is 11.1 Å². The van der Waals surface area contributed by atoms with E-state index in [1.165, 1.54) is 18.3 Å². The zero-order valence-corrected chi connectivity index (χ0v) is 24.1. The molecule has 3 aromatic carbocycles. The molecule has 11 heteroatoms. The second kappa shape index (κ2) is 13.5. The van der Waals surface area contributed by atoms with Crippen molar-refractivity contribution in [3.05, 3.63) is 87.5 Å². The predicted octanol–water partition coefficient (Wildman–Crippen LogP) is 4.07. The van der Waals surface area contributed by atoms with Crippen molar-refractivity contribution in [2.75, 3.05) is 11.9 Å². The molecule has 0 radical (unpaired) electrons. The van der Waals surface area contributed by atoms with E-state index >= 15 is 0 Å². The van der Waals surface area contributed by atoms with Gasteiger partial charge >= 0.3 is 0 Å². The van der Waals surface area contributed by atoms with E-state index in [0.717, 1.165) is 9.13 Å². The summed E-state index contributed by atoms with van der Waals surface area (Å²) < 4.78 is 34.5. The lowest BCUT2D eigenvalue weighted by Gasteiger charge is -2.20. The summed E-state index contributed by atoms with van der Waals surface area (Å²) in [4.78, 5) is 24.8. The molecule has 3 N–H and O–H groups in total. The Balaban J connectivity index is 1.51. The van der Waals surface area contributed by atoms with Crippen molar-refractivity contribution in [3.8, 4) is 5.75 Å². The number of hydrazone groups is 1. The lowest BCUT2D eigenvalue weighted by atomic mass is 10.1. The van der Waals surface area contributed by atoms with Crippen LogP contribution in [0.2, 0.25) is 0 Å². The first-order valence-electron chi connectivity index (χ1n) is 11.7. The van der Waals surface area contributed by atoms with E-state index in [0.29, 0.717) is 17.0 Å². The van der Waals surface area contributed by atoms with Gasteiger partial charge in [0, 0.05) is 9.26 Å². The van der Waals surface area contributed by atoms with Gasteiger partial charge in [0.25, 0.3) is 11.8 Å². The SMILES string of the molecule is Cc1ccc(S(=O)(=O)N[C@H](C(=O)N/N=C\c2ccc(OCC(=O)Nc3ccc(I)cc3)cc2)C(C)C)cc1. The summed E-state index contributed by atoms with van der Waals surface area (Å²) in [6, 6.07) is 19.6. The van der Waals surface area contributed by atoms with Crippen molar-refractivity contribution in [3.63, 3.8) is 0 Å². The van der Waals surface area contributed by atoms with Gasteiger partial charge in [-0.3, -0.25) is 9.59 Å². The summed E-state index contributed by atoms with van der Waals surface area (Å²) in [5, 5.41) is 6.71. The van der Waals surface area contributed by atoms with Crippen LogP contribution in [0.25, 0.3) is 0 Å². The number of rotatable bonds is 11. The van der Waals surface area contributed by atoms with Gasteiger partial charge in [-0.2, -0.15) is 9.82 Å². The van der Waals surface area contributed by atoms with Crippen molar-refractivity contribution in [2.24, 2.45) is 11.0 Å². The summed E-state index contributed by atoms with van der Waals surface area (Å²) in [7, 11) is -3.88. The highest BCUT2D eigenvalue weighted by Gasteiger charge is 2.28. The minimum atomic E-state index is -3.88. The standard InChI is InChI=1S/C27H29IN4O5S/c1-18(2)26(32-38(35,36)24-14-4-19(3)5-15-24)27(34)31-29-16-20-6-12-23(13-7-20)37-17-25(33)30-22-10-8-21(28)9-11-22/h4-16,18,26,32H,17H2,1-3H3,(H,30,33)(H,31,34)/b29-16-/t26-/m0/s1. The van der Waals surface area contributed by atoms with Crippen LogP contribution < -0.4 is 20.2 Å². The molecule has 0 aliphatic rings. The van der Waals surface area contributed by atoms with Crippen molar-refractivity contribution in [1.29, 1.82) is 0 Å². The molecule has 0 aromatic heterocycles. The molecule has 3 aromatic rings. The quantitative estimate of drug-likeness (QED) is 0.164. The largest absolute Gasteiger partial charge is 0.484 e. The van der Waals surface area contributed by atoms with Crippen molar-refractivity contribution in [1.82, 2.24) is 10.1 Å². The zero-order valence-electron chi connectivity index (χ0n) is 21.1. The lowest BCUT2D eigenvalue weighted by Crippen LogP contribution is -2.48. The van der Waals surface area contributed by atoms with Gasteiger partial charge in [-0.25, -0.2) is 13.8 Å². The zero-order chi connectivity index (χ0) is 27.7. The molecule has 0 spiro atoms. The van der Waals surface area contributed by atoms with Crippen LogP contribution >= 0.6 is 22.6 Å². The van der Waals surface area contributed by atoms with Crippen LogP contribution in [0.15, 0.2) is 82.8 Å². The Morgan fingerprint density at radius 2 is 1.61 bits per heavy atom. The van der Waals surface area contributed by atoms with Crippen LogP contribution in [0.5, 0.6) is 5.75 Å². The number of carbonyl (C=O) groups is 2. The molecular formula is C27H29IN4O5S. The maximum absolute atomic E-state index is 12.7. The van der Waals surface area contributed by atoms with Gasteiger partial charge in [-0.1, -0.05) is 31.5 Å². The highest BCUT2D eigenvalue weighted by atomic mass is 127. The first-order chi connectivity index (χ1) is 18.0. The minimum absolute atomic E-state index is 0.0831. The number of hydrogen-bond acceptors (Lipinski definition) is 6. The second-order valence-electron chi connectivity index (χ2n) is 8.80. The number of nitrogens with one attached hydrogen (secondary N) is 3. The monoisotopic (exact) mass is 648 g/mol. The van der Waals surface area contributed by atoms with E-state index in [2.05, 4.69) is 43.2 Å². The summed E-state index contributed by atoms with van der Waals surface area (Å²) >= 11 is 2.19. The number of hydrogen-bond donors (Lipinski definition) is 3. The molecule has 200 valence electrons. The van der Waals surface area contributed by atoms with E-state index in [1.807, 2.05) is 31.2 Å². The molecule has 0 fully saturated rings. The van der Waals surface area contributed by atoms with E-state index in [9.17, 15) is 18.0 Å². The number of halogens is 1. The molecule has 38 heavy (non-hydrogen) atoms. The van der Waals surface area contributed by atoms with Crippen LogP contribution in [0, 0.1) is 16.4 Å². The summed E-state index contributed by atoms with van der Waals surface area (Å²) in [6.45, 7) is 5.19. The molecule has 9 nitrogen and oxygen atoms in total. The topological polar surface area (TPSA) is 126 Å². The van der Waals surface area contributed by atoms with Crippen molar-refractivity contribution >= 4 is 56.3 Å². The van der Waals surface area contributed by atoms with Crippen molar-refractivity contribution < 1.29 is 22.7 Å². The highest BCUT2D eigenvalue weighted by molar-refractivity contribution is 14.1. The number of aryl methyl sites for hydroxylation is 1. The average Bonchev–Trinajstić information content (AvgIpc) is 2.88. The fourth-order valence-corrected chi connectivity index (χ4v) is 4.92. The maximum atomic E-state index is 12.7. The first-order valence-corrected chi connectivity index (χ1v) is 14.3. The molecule has 0 saturated carbocycles. The van der Waals surface area contributed by atoms with E-state index < -0.39 is 22.0 Å². The van der Waals surface area contributed by atoms with E-state index in [4.69, 9.17) is 4.74 Å². The molecule has 1 atom stereocenters. The minimum Gasteiger partial charge on any atom is -0.484 e. The number of ether oxygens (including phenoxy) is 1. The van der Waals surface area contributed by atoms with Crippen molar-refractivity contribution in [2.45, 2.75) is 31.7 Å². The molecule has 0 bridgehead atoms. The predicted molar refractivity (Wildman–Crippen MR) is 156 cm³/mol. The highest BCUT2D eigenvalue weighted by Crippen LogP contribution is 2.15. The molecule has 0 saturated heterocycles. The maximum Gasteiger partial charge on any atom is 0.262 e. The van der Waals surface area contributed by atoms with E-state index in [1.54, 1.807) is 50.2 Å². The molecule has 0 aliphatic carbocycles. The Bertz CT molecular complexity index is 1370. The number of anilines is 1. The Hall–Kier alpha value is -3.29. The van der Waals surface area contributed by atoms with Gasteiger partial charge in [0.2, 0.25) is 10.0 Å². The number of amides is 2. The Morgan fingerprint density at radius 3 is 2.21 bits per heavy atom. The van der Waals surface area contributed by atoms with Gasteiger partial charge in [-0.15, -0.1) is 0 Å². The summed E-state index contributed by atoms with van der Waals surface area (Å²) in [5.41, 5.74) is 4.68. The molecule has 0 aliphatic heterocycles. The second-order valence-corrected chi connectivity index (χ2v) is 11.8.